The minimum atomic E-state index is -3.55. The van der Waals surface area contributed by atoms with E-state index in [1.165, 1.54) is 15.4 Å². The number of aromatic nitrogens is 1. The zero-order valence-electron chi connectivity index (χ0n) is 20.1. The van der Waals surface area contributed by atoms with Crippen LogP contribution in [-0.4, -0.2) is 72.3 Å². The Hall–Kier alpha value is -2.94. The van der Waals surface area contributed by atoms with E-state index in [0.717, 1.165) is 25.9 Å². The van der Waals surface area contributed by atoms with Crippen molar-refractivity contribution >= 4 is 15.9 Å². The molecule has 3 heterocycles. The van der Waals surface area contributed by atoms with Gasteiger partial charge in [0, 0.05) is 52.5 Å². The highest BCUT2D eigenvalue weighted by Gasteiger charge is 2.32. The fourth-order valence-corrected chi connectivity index (χ4v) is 6.78. The molecule has 3 aromatic rings. The van der Waals surface area contributed by atoms with E-state index in [1.807, 2.05) is 17.0 Å². The zero-order valence-corrected chi connectivity index (χ0v) is 20.9. The molecule has 0 spiro atoms. The predicted molar refractivity (Wildman–Crippen MR) is 136 cm³/mol. The van der Waals surface area contributed by atoms with Crippen LogP contribution in [0.5, 0.6) is 0 Å². The van der Waals surface area contributed by atoms with Gasteiger partial charge in [0.15, 0.2) is 0 Å². The van der Waals surface area contributed by atoms with E-state index in [2.05, 4.69) is 53.4 Å². The molecule has 7 nitrogen and oxygen atoms in total. The van der Waals surface area contributed by atoms with Crippen molar-refractivity contribution in [3.8, 4) is 0 Å². The number of nitrogens with zero attached hydrogens (tertiary/aromatic N) is 4. The number of amides is 1. The summed E-state index contributed by atoms with van der Waals surface area (Å²) in [7, 11) is -1.81. The lowest BCUT2D eigenvalue weighted by atomic mass is 9.96. The summed E-state index contributed by atoms with van der Waals surface area (Å²) < 4.78 is 29.1. The first-order valence-corrected chi connectivity index (χ1v) is 13.7. The van der Waals surface area contributed by atoms with Crippen LogP contribution in [0.25, 0.3) is 0 Å². The van der Waals surface area contributed by atoms with Crippen LogP contribution in [0.3, 0.4) is 0 Å². The lowest BCUT2D eigenvalue weighted by Crippen LogP contribution is -2.50. The third kappa shape index (κ3) is 4.78. The first kappa shape index (κ1) is 23.8. The van der Waals surface area contributed by atoms with Crippen molar-refractivity contribution in [1.82, 2.24) is 18.7 Å². The topological polar surface area (TPSA) is 65.9 Å². The lowest BCUT2D eigenvalue weighted by molar-refractivity contribution is 0.0588. The molecule has 35 heavy (non-hydrogen) atoms. The Balaban J connectivity index is 1.31. The smallest absolute Gasteiger partial charge is 0.270 e. The second-order valence-corrected chi connectivity index (χ2v) is 11.3. The minimum Gasteiger partial charge on any atom is -0.345 e. The Morgan fingerprint density at radius 3 is 1.89 bits per heavy atom. The van der Waals surface area contributed by atoms with Gasteiger partial charge in [-0.05, 0) is 30.0 Å². The van der Waals surface area contributed by atoms with Crippen molar-refractivity contribution in [2.75, 3.05) is 39.3 Å². The average molecular weight is 493 g/mol. The quantitative estimate of drug-likeness (QED) is 0.529. The summed E-state index contributed by atoms with van der Waals surface area (Å²) >= 11 is 0. The Morgan fingerprint density at radius 2 is 1.34 bits per heavy atom. The summed E-state index contributed by atoms with van der Waals surface area (Å²) in [6, 6.07) is 22.6. The molecule has 0 N–H and O–H groups in total. The minimum absolute atomic E-state index is 0.119. The van der Waals surface area contributed by atoms with Crippen LogP contribution in [0, 0.1) is 0 Å². The molecular formula is C27H32N4O3S. The molecule has 1 amide bonds. The fourth-order valence-electron chi connectivity index (χ4n) is 5.20. The van der Waals surface area contributed by atoms with Crippen molar-refractivity contribution in [2.45, 2.75) is 23.8 Å². The van der Waals surface area contributed by atoms with Crippen LogP contribution in [-0.2, 0) is 17.1 Å². The number of carbonyl (C=O) groups excluding carboxylic acids is 1. The van der Waals surface area contributed by atoms with E-state index < -0.39 is 10.0 Å². The van der Waals surface area contributed by atoms with Crippen molar-refractivity contribution in [3.05, 3.63) is 89.7 Å². The van der Waals surface area contributed by atoms with Crippen LogP contribution < -0.4 is 0 Å². The molecule has 184 valence electrons. The van der Waals surface area contributed by atoms with E-state index in [4.69, 9.17) is 0 Å². The number of benzene rings is 2. The largest absolute Gasteiger partial charge is 0.345 e. The van der Waals surface area contributed by atoms with Gasteiger partial charge >= 0.3 is 0 Å². The van der Waals surface area contributed by atoms with E-state index >= 15 is 0 Å². The number of sulfonamides is 1. The summed E-state index contributed by atoms with van der Waals surface area (Å²) in [5, 5.41) is 0. The molecule has 1 aromatic heterocycles. The summed E-state index contributed by atoms with van der Waals surface area (Å²) in [4.78, 5) is 17.8. The third-order valence-corrected chi connectivity index (χ3v) is 8.96. The third-order valence-electron chi connectivity index (χ3n) is 7.10. The van der Waals surface area contributed by atoms with Gasteiger partial charge in [-0.25, -0.2) is 8.42 Å². The highest BCUT2D eigenvalue weighted by Crippen LogP contribution is 2.30. The van der Waals surface area contributed by atoms with E-state index in [1.54, 1.807) is 23.9 Å². The van der Waals surface area contributed by atoms with Crippen LogP contribution in [0.15, 0.2) is 77.8 Å². The maximum Gasteiger partial charge on any atom is 0.270 e. The van der Waals surface area contributed by atoms with E-state index in [9.17, 15) is 13.2 Å². The van der Waals surface area contributed by atoms with Crippen LogP contribution in [0.4, 0.5) is 0 Å². The number of hydrogen-bond donors (Lipinski definition) is 0. The number of piperazine rings is 1. The summed E-state index contributed by atoms with van der Waals surface area (Å²) in [5.41, 5.74) is 2.88. The highest BCUT2D eigenvalue weighted by atomic mass is 32.2. The first-order valence-electron chi connectivity index (χ1n) is 12.2. The molecule has 8 heteroatoms. The predicted octanol–water partition coefficient (Wildman–Crippen LogP) is 3.36. The summed E-state index contributed by atoms with van der Waals surface area (Å²) in [5.74, 6) is -0.119. The van der Waals surface area contributed by atoms with Gasteiger partial charge in [0.05, 0.1) is 6.04 Å². The SMILES string of the molecule is Cn1cc(S(=O)(=O)N2CCCC2)cc1C(=O)N1CCN(C(c2ccccc2)c2ccccc2)CC1. The van der Waals surface area contributed by atoms with Gasteiger partial charge in [-0.1, -0.05) is 60.7 Å². The zero-order chi connectivity index (χ0) is 24.4. The molecule has 2 aliphatic rings. The van der Waals surface area contributed by atoms with Crippen LogP contribution in [0.1, 0.15) is 40.5 Å². The van der Waals surface area contributed by atoms with Gasteiger partial charge in [0.25, 0.3) is 5.91 Å². The van der Waals surface area contributed by atoms with Gasteiger partial charge < -0.3 is 9.47 Å². The monoisotopic (exact) mass is 492 g/mol. The van der Waals surface area contributed by atoms with Gasteiger partial charge in [0.1, 0.15) is 10.6 Å². The van der Waals surface area contributed by atoms with Crippen molar-refractivity contribution in [1.29, 1.82) is 0 Å². The molecule has 0 aliphatic carbocycles. The molecule has 0 unspecified atom stereocenters. The molecule has 2 fully saturated rings. The van der Waals surface area contributed by atoms with Gasteiger partial charge in [0.2, 0.25) is 10.0 Å². The van der Waals surface area contributed by atoms with Gasteiger partial charge in [-0.3, -0.25) is 9.69 Å². The Bertz CT molecular complexity index is 1220. The highest BCUT2D eigenvalue weighted by molar-refractivity contribution is 7.89. The Labute approximate surface area is 207 Å². The normalized spacial score (nSPS) is 17.8. The first-order chi connectivity index (χ1) is 16.9. The maximum absolute atomic E-state index is 13.4. The summed E-state index contributed by atoms with van der Waals surface area (Å²) in [6.45, 7) is 3.76. The molecule has 2 aromatic carbocycles. The molecule has 0 atom stereocenters. The molecular weight excluding hydrogens is 460 g/mol. The Kier molecular flexibility index (Phi) is 6.77. The fraction of sp³-hybridized carbons (Fsp3) is 0.370. The standard InChI is InChI=1S/C27H32N4O3S/c1-28-21-24(35(33,34)31-14-8-9-15-31)20-25(28)27(32)30-18-16-29(17-19-30)26(22-10-4-2-5-11-22)23-12-6-3-7-13-23/h2-7,10-13,20-21,26H,8-9,14-19H2,1H3. The van der Waals surface area contributed by atoms with Crippen molar-refractivity contribution < 1.29 is 13.2 Å². The van der Waals surface area contributed by atoms with Crippen molar-refractivity contribution in [3.63, 3.8) is 0 Å². The van der Waals surface area contributed by atoms with Crippen molar-refractivity contribution in [2.24, 2.45) is 7.05 Å². The number of hydrogen-bond acceptors (Lipinski definition) is 4. The second kappa shape index (κ2) is 9.97. The van der Waals surface area contributed by atoms with E-state index in [-0.39, 0.29) is 16.8 Å². The van der Waals surface area contributed by atoms with E-state index in [0.29, 0.717) is 31.9 Å². The van der Waals surface area contributed by atoms with Crippen LogP contribution in [0.2, 0.25) is 0 Å². The lowest BCUT2D eigenvalue weighted by Gasteiger charge is -2.39. The number of rotatable bonds is 6. The van der Waals surface area contributed by atoms with Gasteiger partial charge in [-0.2, -0.15) is 4.31 Å². The summed E-state index contributed by atoms with van der Waals surface area (Å²) in [6.07, 6.45) is 3.34. The second-order valence-electron chi connectivity index (χ2n) is 9.34. The molecule has 0 saturated carbocycles. The molecule has 0 radical (unpaired) electrons. The molecule has 5 rings (SSSR count). The molecule has 2 aliphatic heterocycles. The maximum atomic E-state index is 13.4. The average Bonchev–Trinajstić information content (AvgIpc) is 3.57. The molecule has 2 saturated heterocycles. The Morgan fingerprint density at radius 1 is 0.800 bits per heavy atom. The molecule has 0 bridgehead atoms. The number of aryl methyl sites for hydroxylation is 1. The van der Waals surface area contributed by atoms with Gasteiger partial charge in [-0.15, -0.1) is 0 Å². The van der Waals surface area contributed by atoms with Crippen LogP contribution >= 0.6 is 0 Å². The number of carbonyl (C=O) groups is 1.